The molecule has 0 amide bonds. The first-order chi connectivity index (χ1) is 18.6. The SMILES string of the molecule is COc1ccc2cc([C@@H](c3nnnn3C[C@@H]3CCCO3)N3CCN(c4ccccc4F)CC3)c(=O)[nH]c2c1. The van der Waals surface area contributed by atoms with Crippen LogP contribution in [-0.4, -0.2) is 76.1 Å². The summed E-state index contributed by atoms with van der Waals surface area (Å²) in [7, 11) is 1.60. The normalized spacial score (nSPS) is 19.2. The number of methoxy groups -OCH3 is 1. The average molecular weight is 520 g/mol. The van der Waals surface area contributed by atoms with Gasteiger partial charge >= 0.3 is 0 Å². The number of H-pyrrole nitrogens is 1. The minimum absolute atomic E-state index is 0.0400. The summed E-state index contributed by atoms with van der Waals surface area (Å²) >= 11 is 0. The van der Waals surface area contributed by atoms with Gasteiger partial charge in [0.2, 0.25) is 0 Å². The summed E-state index contributed by atoms with van der Waals surface area (Å²) in [5.41, 5.74) is 1.63. The van der Waals surface area contributed by atoms with Gasteiger partial charge in [-0.2, -0.15) is 0 Å². The van der Waals surface area contributed by atoms with Crippen LogP contribution in [0, 0.1) is 5.82 Å². The number of nitrogens with one attached hydrogen (secondary N) is 1. The lowest BCUT2D eigenvalue weighted by molar-refractivity contribution is 0.0906. The zero-order valence-electron chi connectivity index (χ0n) is 21.2. The van der Waals surface area contributed by atoms with Gasteiger partial charge in [-0.1, -0.05) is 12.1 Å². The van der Waals surface area contributed by atoms with Crippen LogP contribution in [0.3, 0.4) is 0 Å². The highest BCUT2D eigenvalue weighted by molar-refractivity contribution is 5.80. The van der Waals surface area contributed by atoms with Gasteiger partial charge in [-0.05, 0) is 59.0 Å². The van der Waals surface area contributed by atoms with Crippen molar-refractivity contribution in [3.05, 3.63) is 76.1 Å². The molecule has 11 heteroatoms. The summed E-state index contributed by atoms with van der Waals surface area (Å²) in [4.78, 5) is 20.8. The lowest BCUT2D eigenvalue weighted by Crippen LogP contribution is -2.49. The molecular formula is C27H30FN7O3. The lowest BCUT2D eigenvalue weighted by Gasteiger charge is -2.39. The third kappa shape index (κ3) is 4.74. The quantitative estimate of drug-likeness (QED) is 0.398. The van der Waals surface area contributed by atoms with Crippen LogP contribution in [0.5, 0.6) is 5.75 Å². The molecular weight excluding hydrogens is 489 g/mol. The number of aromatic amines is 1. The van der Waals surface area contributed by atoms with Crippen molar-refractivity contribution < 1.29 is 13.9 Å². The van der Waals surface area contributed by atoms with E-state index in [2.05, 4.69) is 25.4 Å². The van der Waals surface area contributed by atoms with Gasteiger partial charge in [0, 0.05) is 44.4 Å². The summed E-state index contributed by atoms with van der Waals surface area (Å²) in [6, 6.07) is 13.8. The Morgan fingerprint density at radius 2 is 2.00 bits per heavy atom. The zero-order valence-corrected chi connectivity index (χ0v) is 21.2. The average Bonchev–Trinajstić information content (AvgIpc) is 3.62. The lowest BCUT2D eigenvalue weighted by atomic mass is 10.0. The van der Waals surface area contributed by atoms with Crippen LogP contribution < -0.4 is 15.2 Å². The van der Waals surface area contributed by atoms with E-state index in [1.165, 1.54) is 6.07 Å². The number of halogens is 1. The van der Waals surface area contributed by atoms with Crippen LogP contribution in [0.2, 0.25) is 0 Å². The van der Waals surface area contributed by atoms with E-state index in [0.717, 1.165) is 24.8 Å². The third-order valence-electron chi connectivity index (χ3n) is 7.45. The second kappa shape index (κ2) is 10.5. The molecule has 4 heterocycles. The van der Waals surface area contributed by atoms with E-state index in [-0.39, 0.29) is 17.5 Å². The number of hydrogen-bond acceptors (Lipinski definition) is 8. The van der Waals surface area contributed by atoms with Crippen molar-refractivity contribution in [3.8, 4) is 5.75 Å². The Morgan fingerprint density at radius 3 is 2.76 bits per heavy atom. The fraction of sp³-hybridized carbons (Fsp3) is 0.407. The van der Waals surface area contributed by atoms with Crippen molar-refractivity contribution in [1.29, 1.82) is 0 Å². The summed E-state index contributed by atoms with van der Waals surface area (Å²) in [6.07, 6.45) is 2.00. The topological polar surface area (TPSA) is 101 Å². The fourth-order valence-corrected chi connectivity index (χ4v) is 5.47. The molecule has 2 aromatic carbocycles. The highest BCUT2D eigenvalue weighted by Gasteiger charge is 2.34. The number of nitrogens with zero attached hydrogens (tertiary/aromatic N) is 6. The van der Waals surface area contributed by atoms with Crippen LogP contribution in [0.4, 0.5) is 10.1 Å². The molecule has 2 aromatic heterocycles. The molecule has 4 aromatic rings. The van der Waals surface area contributed by atoms with Gasteiger partial charge in [-0.25, -0.2) is 9.07 Å². The number of aromatic nitrogens is 5. The number of tetrazole rings is 1. The molecule has 2 fully saturated rings. The van der Waals surface area contributed by atoms with Crippen molar-refractivity contribution in [3.63, 3.8) is 0 Å². The van der Waals surface area contributed by atoms with Gasteiger partial charge in [-0.15, -0.1) is 5.10 Å². The maximum absolute atomic E-state index is 14.5. The van der Waals surface area contributed by atoms with Crippen molar-refractivity contribution in [2.45, 2.75) is 31.5 Å². The van der Waals surface area contributed by atoms with Crippen LogP contribution in [-0.2, 0) is 11.3 Å². The number of benzene rings is 2. The number of pyridine rings is 1. The Kier molecular flexibility index (Phi) is 6.77. The molecule has 2 saturated heterocycles. The van der Waals surface area contributed by atoms with Crippen LogP contribution in [0.25, 0.3) is 10.9 Å². The Labute approximate surface area is 219 Å². The van der Waals surface area contributed by atoms with E-state index in [1.54, 1.807) is 23.9 Å². The Bertz CT molecular complexity index is 1480. The largest absolute Gasteiger partial charge is 0.497 e. The molecule has 0 radical (unpaired) electrons. The van der Waals surface area contributed by atoms with Gasteiger partial charge in [0.05, 0.1) is 31.0 Å². The number of ether oxygens (including phenoxy) is 2. The van der Waals surface area contributed by atoms with Gasteiger partial charge in [0.1, 0.15) is 17.6 Å². The first-order valence-electron chi connectivity index (χ1n) is 12.9. The predicted octanol–water partition coefficient (Wildman–Crippen LogP) is 2.75. The number of anilines is 1. The second-order valence-corrected chi connectivity index (χ2v) is 9.74. The molecule has 2 atom stereocenters. The van der Waals surface area contributed by atoms with Crippen molar-refractivity contribution in [2.75, 3.05) is 44.8 Å². The number of fused-ring (bicyclic) bond motifs is 1. The third-order valence-corrected chi connectivity index (χ3v) is 7.45. The number of piperazine rings is 1. The van der Waals surface area contributed by atoms with Gasteiger partial charge < -0.3 is 19.4 Å². The standard InChI is InChI=1S/C27H30FN7O3/c1-37-19-9-8-18-15-21(27(36)29-23(18)16-19)25(26-30-31-32-35(26)17-20-5-4-14-38-20)34-12-10-33(11-13-34)24-7-3-2-6-22(24)28/h2-3,6-9,15-16,20,25H,4-5,10-14,17H2,1H3,(H,29,36)/t20-,25-/m0/s1. The van der Waals surface area contributed by atoms with E-state index in [1.807, 2.05) is 35.2 Å². The minimum atomic E-state index is -0.482. The monoisotopic (exact) mass is 519 g/mol. The van der Waals surface area contributed by atoms with Crippen LogP contribution in [0.1, 0.15) is 30.3 Å². The van der Waals surface area contributed by atoms with Crippen LogP contribution >= 0.6 is 0 Å². The molecule has 0 unspecified atom stereocenters. The van der Waals surface area contributed by atoms with E-state index in [9.17, 15) is 9.18 Å². The summed E-state index contributed by atoms with van der Waals surface area (Å²) in [5, 5.41) is 13.5. The Morgan fingerprint density at radius 1 is 1.16 bits per heavy atom. The molecule has 2 aliphatic rings. The Balaban J connectivity index is 1.37. The number of rotatable bonds is 7. The number of hydrogen-bond donors (Lipinski definition) is 1. The minimum Gasteiger partial charge on any atom is -0.497 e. The maximum Gasteiger partial charge on any atom is 0.253 e. The molecule has 38 heavy (non-hydrogen) atoms. The zero-order chi connectivity index (χ0) is 26.1. The Hall–Kier alpha value is -3.83. The van der Waals surface area contributed by atoms with Gasteiger partial charge in [0.25, 0.3) is 5.56 Å². The number of para-hydroxylation sites is 1. The predicted molar refractivity (Wildman–Crippen MR) is 140 cm³/mol. The highest BCUT2D eigenvalue weighted by atomic mass is 19.1. The fourth-order valence-electron chi connectivity index (χ4n) is 5.47. The molecule has 198 valence electrons. The van der Waals surface area contributed by atoms with Crippen molar-refractivity contribution in [1.82, 2.24) is 30.1 Å². The van der Waals surface area contributed by atoms with Crippen molar-refractivity contribution in [2.24, 2.45) is 0 Å². The first kappa shape index (κ1) is 24.5. The smallest absolute Gasteiger partial charge is 0.253 e. The van der Waals surface area contributed by atoms with E-state index < -0.39 is 6.04 Å². The van der Waals surface area contributed by atoms with E-state index in [0.29, 0.717) is 61.1 Å². The molecule has 0 bridgehead atoms. The van der Waals surface area contributed by atoms with Crippen molar-refractivity contribution >= 4 is 16.6 Å². The molecule has 0 spiro atoms. The highest BCUT2D eigenvalue weighted by Crippen LogP contribution is 2.30. The van der Waals surface area contributed by atoms with Crippen LogP contribution in [0.15, 0.2) is 53.3 Å². The summed E-state index contributed by atoms with van der Waals surface area (Å²) < 4.78 is 27.4. The molecule has 0 aliphatic carbocycles. The first-order valence-corrected chi connectivity index (χ1v) is 12.9. The molecule has 2 aliphatic heterocycles. The molecule has 1 N–H and O–H groups in total. The molecule has 10 nitrogen and oxygen atoms in total. The molecule has 6 rings (SSSR count). The maximum atomic E-state index is 14.5. The summed E-state index contributed by atoms with van der Waals surface area (Å²) in [5.74, 6) is 1.03. The summed E-state index contributed by atoms with van der Waals surface area (Å²) in [6.45, 7) is 3.67. The van der Waals surface area contributed by atoms with Gasteiger partial charge in [-0.3, -0.25) is 9.69 Å². The second-order valence-electron chi connectivity index (χ2n) is 9.74. The van der Waals surface area contributed by atoms with E-state index >= 15 is 0 Å². The van der Waals surface area contributed by atoms with E-state index in [4.69, 9.17) is 9.47 Å². The molecule has 0 saturated carbocycles. The van der Waals surface area contributed by atoms with Gasteiger partial charge in [0.15, 0.2) is 5.82 Å².